The minimum Gasteiger partial charge on any atom is -0.587 e. The van der Waals surface area contributed by atoms with Crippen LogP contribution in [0.3, 0.4) is 0 Å². The van der Waals surface area contributed by atoms with Crippen LogP contribution in [0, 0.1) is 0 Å². The molecule has 1 atom stereocenters. The summed E-state index contributed by atoms with van der Waals surface area (Å²) in [7, 11) is 0. The van der Waals surface area contributed by atoms with Gasteiger partial charge in [0.15, 0.2) is 4.90 Å². The van der Waals surface area contributed by atoms with E-state index in [0.29, 0.717) is 0 Å². The first kappa shape index (κ1) is 9.37. The number of allylic oxidation sites excluding steroid dienone is 2. The largest absolute Gasteiger partial charge is 0.587 e. The highest BCUT2D eigenvalue weighted by atomic mass is 32.2. The van der Waals surface area contributed by atoms with E-state index in [1.807, 2.05) is 54.9 Å². The zero-order valence-corrected chi connectivity index (χ0v) is 8.48. The Kier molecular flexibility index (Phi) is 2.91. The molecule has 2 rings (SSSR count). The molecule has 0 amide bonds. The first-order chi connectivity index (χ1) is 6.88. The van der Waals surface area contributed by atoms with Crippen molar-refractivity contribution in [2.75, 3.05) is 0 Å². The van der Waals surface area contributed by atoms with Crippen LogP contribution >= 0.6 is 0 Å². The van der Waals surface area contributed by atoms with Crippen LogP contribution in [0.5, 0.6) is 0 Å². The predicted octanol–water partition coefficient (Wildman–Crippen LogP) is 2.44. The van der Waals surface area contributed by atoms with E-state index in [4.69, 9.17) is 0 Å². The Morgan fingerprint density at radius 1 is 1.07 bits per heavy atom. The number of nitrogens with zero attached hydrogens (tertiary/aromatic N) is 1. The number of hydrogen-bond donors (Lipinski definition) is 0. The average molecular weight is 205 g/mol. The van der Waals surface area contributed by atoms with Crippen molar-refractivity contribution < 1.29 is 4.55 Å². The van der Waals surface area contributed by atoms with Crippen LogP contribution in [-0.2, 0) is 11.4 Å². The number of rotatable bonds is 2. The molecule has 1 aliphatic rings. The molecule has 0 saturated carbocycles. The Labute approximate surface area is 86.9 Å². The standard InChI is InChI=1S/C11H11NOS/c13-14(11-7-3-1-4-8-11)12-9-5-2-6-10-12/h1,3-10H,2H2. The molecule has 0 bridgehead atoms. The molecule has 1 aliphatic heterocycles. The van der Waals surface area contributed by atoms with Crippen LogP contribution in [0.1, 0.15) is 6.42 Å². The Balaban J connectivity index is 2.15. The maximum atomic E-state index is 11.9. The van der Waals surface area contributed by atoms with Crippen molar-refractivity contribution >= 4 is 11.4 Å². The predicted molar refractivity (Wildman–Crippen MR) is 57.6 cm³/mol. The SMILES string of the molecule is [O-][S+](c1ccccc1)N1C=CCC=C1. The van der Waals surface area contributed by atoms with Crippen LogP contribution in [0.15, 0.2) is 59.8 Å². The molecule has 0 N–H and O–H groups in total. The topological polar surface area (TPSA) is 26.3 Å². The molecule has 72 valence electrons. The molecular formula is C11H11NOS. The number of benzene rings is 1. The van der Waals surface area contributed by atoms with E-state index in [2.05, 4.69) is 0 Å². The molecule has 1 aromatic rings. The molecule has 0 saturated heterocycles. The fourth-order valence-corrected chi connectivity index (χ4v) is 2.25. The highest BCUT2D eigenvalue weighted by Crippen LogP contribution is 2.17. The molecule has 1 unspecified atom stereocenters. The van der Waals surface area contributed by atoms with Gasteiger partial charge in [-0.1, -0.05) is 30.4 Å². The average Bonchev–Trinajstić information content (AvgIpc) is 2.30. The summed E-state index contributed by atoms with van der Waals surface area (Å²) in [6.07, 6.45) is 8.59. The second-order valence-corrected chi connectivity index (χ2v) is 4.32. The Bertz CT molecular complexity index is 336. The summed E-state index contributed by atoms with van der Waals surface area (Å²) in [5.41, 5.74) is 0. The van der Waals surface area contributed by atoms with E-state index < -0.39 is 11.4 Å². The Morgan fingerprint density at radius 2 is 1.71 bits per heavy atom. The maximum absolute atomic E-state index is 11.9. The Hall–Kier alpha value is -1.19. The van der Waals surface area contributed by atoms with E-state index in [-0.39, 0.29) is 0 Å². The fraction of sp³-hybridized carbons (Fsp3) is 0.0909. The van der Waals surface area contributed by atoms with Crippen LogP contribution < -0.4 is 0 Å². The van der Waals surface area contributed by atoms with Gasteiger partial charge in [-0.3, -0.25) is 0 Å². The summed E-state index contributed by atoms with van der Waals surface area (Å²) in [5, 5.41) is 0. The van der Waals surface area contributed by atoms with E-state index >= 15 is 0 Å². The first-order valence-electron chi connectivity index (χ1n) is 4.46. The van der Waals surface area contributed by atoms with Crippen molar-refractivity contribution in [1.82, 2.24) is 4.31 Å². The van der Waals surface area contributed by atoms with Gasteiger partial charge in [0.05, 0.1) is 12.4 Å². The normalized spacial score (nSPS) is 17.1. The van der Waals surface area contributed by atoms with Gasteiger partial charge < -0.3 is 4.55 Å². The maximum Gasteiger partial charge on any atom is 0.180 e. The van der Waals surface area contributed by atoms with E-state index in [1.54, 1.807) is 4.31 Å². The van der Waals surface area contributed by atoms with Crippen molar-refractivity contribution in [2.24, 2.45) is 0 Å². The van der Waals surface area contributed by atoms with Crippen molar-refractivity contribution in [3.05, 3.63) is 54.9 Å². The zero-order chi connectivity index (χ0) is 9.80. The first-order valence-corrected chi connectivity index (χ1v) is 5.57. The van der Waals surface area contributed by atoms with Gasteiger partial charge >= 0.3 is 0 Å². The third kappa shape index (κ3) is 2.00. The van der Waals surface area contributed by atoms with Crippen molar-refractivity contribution in [3.8, 4) is 0 Å². The summed E-state index contributed by atoms with van der Waals surface area (Å²) in [4.78, 5) is 0.823. The van der Waals surface area contributed by atoms with E-state index in [1.165, 1.54) is 0 Å². The van der Waals surface area contributed by atoms with Crippen LogP contribution in [0.25, 0.3) is 0 Å². The molecule has 1 aromatic carbocycles. The van der Waals surface area contributed by atoms with E-state index in [0.717, 1.165) is 11.3 Å². The summed E-state index contributed by atoms with van der Waals surface area (Å²) >= 11 is -1.11. The molecule has 0 aromatic heterocycles. The second kappa shape index (κ2) is 4.35. The van der Waals surface area contributed by atoms with Gasteiger partial charge in [0.1, 0.15) is 11.4 Å². The molecule has 1 heterocycles. The monoisotopic (exact) mass is 205 g/mol. The lowest BCUT2D eigenvalue weighted by atomic mass is 10.4. The summed E-state index contributed by atoms with van der Waals surface area (Å²) in [6, 6.07) is 9.44. The molecule has 0 fully saturated rings. The van der Waals surface area contributed by atoms with Gasteiger partial charge in [-0.15, -0.1) is 0 Å². The van der Waals surface area contributed by atoms with Crippen molar-refractivity contribution in [1.29, 1.82) is 0 Å². The van der Waals surface area contributed by atoms with Gasteiger partial charge in [-0.2, -0.15) is 4.31 Å². The van der Waals surface area contributed by atoms with Crippen LogP contribution in [0.2, 0.25) is 0 Å². The molecule has 3 heteroatoms. The highest BCUT2D eigenvalue weighted by Gasteiger charge is 2.16. The minimum atomic E-state index is -1.11. The summed E-state index contributed by atoms with van der Waals surface area (Å²) in [6.45, 7) is 0. The van der Waals surface area contributed by atoms with Crippen molar-refractivity contribution in [2.45, 2.75) is 11.3 Å². The van der Waals surface area contributed by atoms with E-state index in [9.17, 15) is 4.55 Å². The molecule has 0 radical (unpaired) electrons. The molecule has 2 nitrogen and oxygen atoms in total. The van der Waals surface area contributed by atoms with Crippen molar-refractivity contribution in [3.63, 3.8) is 0 Å². The van der Waals surface area contributed by atoms with Gasteiger partial charge in [-0.05, 0) is 18.6 Å². The van der Waals surface area contributed by atoms with Crippen LogP contribution in [0.4, 0.5) is 0 Å². The third-order valence-corrected chi connectivity index (χ3v) is 3.21. The third-order valence-electron chi connectivity index (χ3n) is 1.91. The lowest BCUT2D eigenvalue weighted by molar-refractivity contribution is 0.549. The van der Waals surface area contributed by atoms with Gasteiger partial charge in [-0.25, -0.2) is 0 Å². The summed E-state index contributed by atoms with van der Waals surface area (Å²) < 4.78 is 13.6. The molecule has 14 heavy (non-hydrogen) atoms. The Morgan fingerprint density at radius 3 is 2.36 bits per heavy atom. The van der Waals surface area contributed by atoms with Crippen LogP contribution in [-0.4, -0.2) is 8.86 Å². The summed E-state index contributed by atoms with van der Waals surface area (Å²) in [5.74, 6) is 0. The zero-order valence-electron chi connectivity index (χ0n) is 7.67. The minimum absolute atomic E-state index is 0.823. The highest BCUT2D eigenvalue weighted by molar-refractivity contribution is 7.89. The van der Waals surface area contributed by atoms with Gasteiger partial charge in [0, 0.05) is 0 Å². The van der Waals surface area contributed by atoms with Gasteiger partial charge in [0.2, 0.25) is 0 Å². The fourth-order valence-electron chi connectivity index (χ4n) is 1.23. The lowest BCUT2D eigenvalue weighted by Gasteiger charge is -2.20. The lowest BCUT2D eigenvalue weighted by Crippen LogP contribution is -2.21. The smallest absolute Gasteiger partial charge is 0.180 e. The molecule has 0 spiro atoms. The molecule has 0 aliphatic carbocycles. The number of hydrogen-bond acceptors (Lipinski definition) is 2. The quantitative estimate of drug-likeness (QED) is 0.693. The second-order valence-electron chi connectivity index (χ2n) is 2.93. The molecular weight excluding hydrogens is 194 g/mol. The van der Waals surface area contributed by atoms with Gasteiger partial charge in [0.25, 0.3) is 0 Å².